The highest BCUT2D eigenvalue weighted by atomic mass is 16.3. The second-order valence-electron chi connectivity index (χ2n) is 5.91. The summed E-state index contributed by atoms with van der Waals surface area (Å²) in [6.45, 7) is 7.34. The van der Waals surface area contributed by atoms with E-state index in [1.165, 1.54) is 16.3 Å². The van der Waals surface area contributed by atoms with Crippen molar-refractivity contribution < 1.29 is 5.11 Å². The Morgan fingerprint density at radius 1 is 1.14 bits per heavy atom. The van der Waals surface area contributed by atoms with Gasteiger partial charge in [0.2, 0.25) is 0 Å². The molecule has 0 saturated carbocycles. The molecule has 0 aliphatic carbocycles. The third-order valence-corrected chi connectivity index (χ3v) is 4.45. The third-order valence-electron chi connectivity index (χ3n) is 4.45. The zero-order valence-electron chi connectivity index (χ0n) is 12.7. The van der Waals surface area contributed by atoms with Crippen molar-refractivity contribution in [2.24, 2.45) is 0 Å². The Hall–Kier alpha value is -1.42. The van der Waals surface area contributed by atoms with Crippen molar-refractivity contribution in [2.75, 3.05) is 32.7 Å². The summed E-state index contributed by atoms with van der Waals surface area (Å²) in [7, 11) is 0. The summed E-state index contributed by atoms with van der Waals surface area (Å²) in [6.07, 6.45) is 0.417. The highest BCUT2D eigenvalue weighted by Gasteiger charge is 2.16. The second kappa shape index (κ2) is 6.56. The third kappa shape index (κ3) is 3.26. The molecule has 1 aliphatic rings. The van der Waals surface area contributed by atoms with Crippen LogP contribution in [0, 0.1) is 6.92 Å². The van der Waals surface area contributed by atoms with E-state index in [1.54, 1.807) is 0 Å². The van der Waals surface area contributed by atoms with E-state index < -0.39 is 0 Å². The molecule has 1 aliphatic heterocycles. The Morgan fingerprint density at radius 2 is 1.90 bits per heavy atom. The standard InChI is InChI=1S/C18H24N2O/c1-14-6-7-15-4-2-3-5-16(15)18(14)17(21)8-11-20-12-9-19-10-13-20/h2-7,17,19,21H,8-13H2,1H3. The van der Waals surface area contributed by atoms with Crippen LogP contribution in [0.15, 0.2) is 36.4 Å². The van der Waals surface area contributed by atoms with Gasteiger partial charge in [0, 0.05) is 32.7 Å². The molecule has 1 saturated heterocycles. The molecule has 2 aromatic rings. The van der Waals surface area contributed by atoms with E-state index in [2.05, 4.69) is 47.5 Å². The summed E-state index contributed by atoms with van der Waals surface area (Å²) in [5.74, 6) is 0. The second-order valence-corrected chi connectivity index (χ2v) is 5.91. The molecule has 0 amide bonds. The van der Waals surface area contributed by atoms with Crippen molar-refractivity contribution in [3.05, 3.63) is 47.5 Å². The fourth-order valence-electron chi connectivity index (χ4n) is 3.23. The first-order valence-corrected chi connectivity index (χ1v) is 7.85. The first kappa shape index (κ1) is 14.5. The van der Waals surface area contributed by atoms with Gasteiger partial charge in [-0.25, -0.2) is 0 Å². The molecular formula is C18H24N2O. The van der Waals surface area contributed by atoms with Crippen LogP contribution < -0.4 is 5.32 Å². The van der Waals surface area contributed by atoms with Crippen molar-refractivity contribution in [3.8, 4) is 0 Å². The van der Waals surface area contributed by atoms with Crippen LogP contribution >= 0.6 is 0 Å². The van der Waals surface area contributed by atoms with Gasteiger partial charge < -0.3 is 15.3 Å². The SMILES string of the molecule is Cc1ccc2ccccc2c1C(O)CCN1CCNCC1. The number of hydrogen-bond acceptors (Lipinski definition) is 3. The summed E-state index contributed by atoms with van der Waals surface area (Å²) in [6, 6.07) is 12.6. The molecule has 3 rings (SSSR count). The molecule has 1 fully saturated rings. The molecule has 0 radical (unpaired) electrons. The largest absolute Gasteiger partial charge is 0.388 e. The minimum absolute atomic E-state index is 0.383. The molecule has 0 aromatic heterocycles. The van der Waals surface area contributed by atoms with Crippen molar-refractivity contribution in [2.45, 2.75) is 19.4 Å². The summed E-state index contributed by atoms with van der Waals surface area (Å²) in [4.78, 5) is 2.43. The average Bonchev–Trinajstić information content (AvgIpc) is 2.53. The highest BCUT2D eigenvalue weighted by Crippen LogP contribution is 2.29. The van der Waals surface area contributed by atoms with E-state index in [-0.39, 0.29) is 6.10 Å². The van der Waals surface area contributed by atoms with E-state index in [4.69, 9.17) is 0 Å². The van der Waals surface area contributed by atoms with Gasteiger partial charge in [0.25, 0.3) is 0 Å². The summed E-state index contributed by atoms with van der Waals surface area (Å²) >= 11 is 0. The van der Waals surface area contributed by atoms with Crippen LogP contribution in [-0.4, -0.2) is 42.7 Å². The fourth-order valence-corrected chi connectivity index (χ4v) is 3.23. The number of rotatable bonds is 4. The van der Waals surface area contributed by atoms with Crippen molar-refractivity contribution in [1.29, 1.82) is 0 Å². The van der Waals surface area contributed by atoms with E-state index in [1.807, 2.05) is 6.07 Å². The number of benzene rings is 2. The first-order chi connectivity index (χ1) is 10.3. The molecule has 0 spiro atoms. The van der Waals surface area contributed by atoms with E-state index in [0.717, 1.165) is 44.7 Å². The Bertz CT molecular complexity index is 605. The molecule has 112 valence electrons. The molecule has 3 heteroatoms. The molecule has 21 heavy (non-hydrogen) atoms. The number of hydrogen-bond donors (Lipinski definition) is 2. The Labute approximate surface area is 126 Å². The zero-order valence-corrected chi connectivity index (χ0v) is 12.7. The van der Waals surface area contributed by atoms with Crippen LogP contribution in [0.1, 0.15) is 23.7 Å². The molecule has 1 atom stereocenters. The Kier molecular flexibility index (Phi) is 4.54. The van der Waals surface area contributed by atoms with Gasteiger partial charge in [0.05, 0.1) is 6.10 Å². The molecule has 1 unspecified atom stereocenters. The summed E-state index contributed by atoms with van der Waals surface area (Å²) in [5, 5.41) is 16.4. The zero-order chi connectivity index (χ0) is 14.7. The van der Waals surface area contributed by atoms with Crippen molar-refractivity contribution in [1.82, 2.24) is 10.2 Å². The van der Waals surface area contributed by atoms with Crippen LogP contribution in [0.3, 0.4) is 0 Å². The lowest BCUT2D eigenvalue weighted by molar-refractivity contribution is 0.137. The van der Waals surface area contributed by atoms with Gasteiger partial charge in [0.1, 0.15) is 0 Å². The maximum Gasteiger partial charge on any atom is 0.0810 e. The lowest BCUT2D eigenvalue weighted by Gasteiger charge is -2.28. The summed E-state index contributed by atoms with van der Waals surface area (Å²) < 4.78 is 0. The normalized spacial score (nSPS) is 18.0. The molecular weight excluding hydrogens is 260 g/mol. The van der Waals surface area contributed by atoms with Crippen LogP contribution in [0.4, 0.5) is 0 Å². The predicted molar refractivity (Wildman–Crippen MR) is 87.6 cm³/mol. The number of nitrogens with zero attached hydrogens (tertiary/aromatic N) is 1. The number of aliphatic hydroxyl groups is 1. The highest BCUT2D eigenvalue weighted by molar-refractivity contribution is 5.87. The quantitative estimate of drug-likeness (QED) is 0.905. The van der Waals surface area contributed by atoms with Gasteiger partial charge in [-0.3, -0.25) is 0 Å². The van der Waals surface area contributed by atoms with Crippen LogP contribution in [0.2, 0.25) is 0 Å². The van der Waals surface area contributed by atoms with Gasteiger partial charge in [-0.2, -0.15) is 0 Å². The molecule has 3 nitrogen and oxygen atoms in total. The lowest BCUT2D eigenvalue weighted by atomic mass is 9.94. The van der Waals surface area contributed by atoms with Gasteiger partial charge in [0.15, 0.2) is 0 Å². The lowest BCUT2D eigenvalue weighted by Crippen LogP contribution is -2.44. The maximum atomic E-state index is 10.7. The molecule has 2 N–H and O–H groups in total. The van der Waals surface area contributed by atoms with Crippen molar-refractivity contribution >= 4 is 10.8 Å². The van der Waals surface area contributed by atoms with Crippen LogP contribution in [-0.2, 0) is 0 Å². The van der Waals surface area contributed by atoms with E-state index >= 15 is 0 Å². The molecule has 2 aromatic carbocycles. The van der Waals surface area contributed by atoms with Gasteiger partial charge in [-0.05, 0) is 35.2 Å². The smallest absolute Gasteiger partial charge is 0.0810 e. The number of aliphatic hydroxyl groups excluding tert-OH is 1. The number of aryl methyl sites for hydroxylation is 1. The van der Waals surface area contributed by atoms with Crippen molar-refractivity contribution in [3.63, 3.8) is 0 Å². The minimum Gasteiger partial charge on any atom is -0.388 e. The maximum absolute atomic E-state index is 10.7. The minimum atomic E-state index is -0.383. The number of nitrogens with one attached hydrogen (secondary N) is 1. The number of piperazine rings is 1. The monoisotopic (exact) mass is 284 g/mol. The average molecular weight is 284 g/mol. The number of fused-ring (bicyclic) bond motifs is 1. The van der Waals surface area contributed by atoms with Gasteiger partial charge >= 0.3 is 0 Å². The topological polar surface area (TPSA) is 35.5 Å². The van der Waals surface area contributed by atoms with Gasteiger partial charge in [-0.15, -0.1) is 0 Å². The molecule has 0 bridgehead atoms. The van der Waals surface area contributed by atoms with Gasteiger partial charge in [-0.1, -0.05) is 36.4 Å². The van der Waals surface area contributed by atoms with E-state index in [0.29, 0.717) is 0 Å². The van der Waals surface area contributed by atoms with E-state index in [9.17, 15) is 5.11 Å². The predicted octanol–water partition coefficient (Wildman–Crippen LogP) is 2.48. The van der Waals surface area contributed by atoms with Crippen LogP contribution in [0.5, 0.6) is 0 Å². The Morgan fingerprint density at radius 3 is 2.71 bits per heavy atom. The Balaban J connectivity index is 1.77. The fraction of sp³-hybridized carbons (Fsp3) is 0.444. The molecule has 1 heterocycles. The summed E-state index contributed by atoms with van der Waals surface area (Å²) in [5.41, 5.74) is 2.28. The van der Waals surface area contributed by atoms with Crippen LogP contribution in [0.25, 0.3) is 10.8 Å². The first-order valence-electron chi connectivity index (χ1n) is 7.85.